The molecule has 1 atom stereocenters. The average Bonchev–Trinajstić information content (AvgIpc) is 3.20. The van der Waals surface area contributed by atoms with Crippen molar-refractivity contribution in [3.05, 3.63) is 34.6 Å². The van der Waals surface area contributed by atoms with Crippen LogP contribution in [0.1, 0.15) is 21.7 Å². The largest absolute Gasteiger partial charge is 0.485 e. The number of carbonyl (C=O) groups excluding carboxylic acids is 1. The van der Waals surface area contributed by atoms with Crippen molar-refractivity contribution in [3.63, 3.8) is 0 Å². The fourth-order valence-electron chi connectivity index (χ4n) is 2.34. The summed E-state index contributed by atoms with van der Waals surface area (Å²) in [5, 5.41) is 0.695. The lowest BCUT2D eigenvalue weighted by Crippen LogP contribution is -2.17. The minimum atomic E-state index is -0.745. The molecular formula is C16H16FNO4S. The summed E-state index contributed by atoms with van der Waals surface area (Å²) in [6, 6.07) is 3.01. The molecule has 0 saturated carbocycles. The third kappa shape index (κ3) is 3.35. The molecule has 0 spiro atoms. The number of aryl methyl sites for hydroxylation is 1. The highest BCUT2D eigenvalue weighted by Crippen LogP contribution is 2.33. The fourth-order valence-corrected chi connectivity index (χ4v) is 3.09. The maximum Gasteiger partial charge on any atom is 0.341 e. The Kier molecular flexibility index (Phi) is 4.58. The summed E-state index contributed by atoms with van der Waals surface area (Å²) in [5.41, 5.74) is 0.464. The molecule has 0 aliphatic carbocycles. The first-order valence-electron chi connectivity index (χ1n) is 7.17. The molecule has 1 fully saturated rings. The van der Waals surface area contributed by atoms with Gasteiger partial charge in [0, 0.05) is 23.1 Å². The quantitative estimate of drug-likeness (QED) is 0.802. The molecule has 2 aromatic rings. The number of rotatable bonds is 4. The summed E-state index contributed by atoms with van der Waals surface area (Å²) in [6.45, 7) is 2.92. The van der Waals surface area contributed by atoms with Crippen molar-refractivity contribution in [1.82, 2.24) is 4.98 Å². The third-order valence-electron chi connectivity index (χ3n) is 3.49. The average molecular weight is 337 g/mol. The van der Waals surface area contributed by atoms with E-state index in [1.807, 2.05) is 6.92 Å². The molecule has 0 radical (unpaired) electrons. The maximum atomic E-state index is 14.6. The van der Waals surface area contributed by atoms with Crippen LogP contribution in [0.2, 0.25) is 0 Å². The van der Waals surface area contributed by atoms with Gasteiger partial charge < -0.3 is 14.2 Å². The predicted octanol–water partition coefficient (Wildman–Crippen LogP) is 3.21. The number of hydrogen-bond acceptors (Lipinski definition) is 6. The summed E-state index contributed by atoms with van der Waals surface area (Å²) in [7, 11) is 1.22. The van der Waals surface area contributed by atoms with Crippen LogP contribution in [0.3, 0.4) is 0 Å². The van der Waals surface area contributed by atoms with Crippen molar-refractivity contribution >= 4 is 17.3 Å². The Hall–Kier alpha value is -1.99. The van der Waals surface area contributed by atoms with E-state index in [1.54, 1.807) is 12.3 Å². The van der Waals surface area contributed by atoms with E-state index in [2.05, 4.69) is 9.72 Å². The van der Waals surface area contributed by atoms with Gasteiger partial charge >= 0.3 is 5.97 Å². The Morgan fingerprint density at radius 2 is 2.30 bits per heavy atom. The number of benzene rings is 1. The van der Waals surface area contributed by atoms with E-state index < -0.39 is 11.8 Å². The number of thiazole rings is 1. The molecule has 1 aliphatic rings. The number of methoxy groups -OCH3 is 1. The first-order chi connectivity index (χ1) is 11.1. The second kappa shape index (κ2) is 6.64. The summed E-state index contributed by atoms with van der Waals surface area (Å²) >= 11 is 1.46. The smallest absolute Gasteiger partial charge is 0.341 e. The van der Waals surface area contributed by atoms with Crippen molar-refractivity contribution in [2.75, 3.05) is 20.3 Å². The molecule has 0 N–H and O–H groups in total. The Morgan fingerprint density at radius 1 is 1.48 bits per heavy atom. The van der Waals surface area contributed by atoms with Crippen LogP contribution < -0.4 is 4.74 Å². The van der Waals surface area contributed by atoms with Gasteiger partial charge in [-0.1, -0.05) is 0 Å². The zero-order chi connectivity index (χ0) is 16.4. The van der Waals surface area contributed by atoms with Gasteiger partial charge in [-0.25, -0.2) is 14.2 Å². The van der Waals surface area contributed by atoms with Crippen molar-refractivity contribution in [1.29, 1.82) is 0 Å². The summed E-state index contributed by atoms with van der Waals surface area (Å²) in [4.78, 5) is 17.2. The molecule has 23 heavy (non-hydrogen) atoms. The lowest BCUT2D eigenvalue weighted by molar-refractivity contribution is 0.0593. The number of ether oxygens (including phenoxy) is 3. The number of hydrogen-bond donors (Lipinski definition) is 0. The summed E-state index contributed by atoms with van der Waals surface area (Å²) in [6.07, 6.45) is 2.20. The Labute approximate surface area is 137 Å². The van der Waals surface area contributed by atoms with Crippen LogP contribution in [0.15, 0.2) is 18.3 Å². The number of esters is 1. The molecule has 1 saturated heterocycles. The Balaban J connectivity index is 2.03. The zero-order valence-corrected chi connectivity index (χ0v) is 13.6. The lowest BCUT2D eigenvalue weighted by atomic mass is 10.1. The summed E-state index contributed by atoms with van der Waals surface area (Å²) < 4.78 is 30.2. The minimum Gasteiger partial charge on any atom is -0.485 e. The molecule has 1 aliphatic heterocycles. The SMILES string of the molecule is COC(=O)c1cc(-c2ncc(C)s2)cc(O[C@@H]2CCOC2)c1F. The van der Waals surface area contributed by atoms with Gasteiger partial charge in [-0.3, -0.25) is 0 Å². The number of halogens is 1. The molecule has 122 valence electrons. The maximum absolute atomic E-state index is 14.6. The van der Waals surface area contributed by atoms with Gasteiger partial charge in [0.25, 0.3) is 0 Å². The van der Waals surface area contributed by atoms with Gasteiger partial charge in [0.2, 0.25) is 0 Å². The summed E-state index contributed by atoms with van der Waals surface area (Å²) in [5.74, 6) is -1.45. The molecule has 0 bridgehead atoms. The molecule has 3 rings (SSSR count). The van der Waals surface area contributed by atoms with Crippen LogP contribution >= 0.6 is 11.3 Å². The van der Waals surface area contributed by atoms with Crippen molar-refractivity contribution in [2.24, 2.45) is 0 Å². The van der Waals surface area contributed by atoms with Gasteiger partial charge in [-0.15, -0.1) is 11.3 Å². The van der Waals surface area contributed by atoms with Crippen molar-refractivity contribution in [3.8, 4) is 16.3 Å². The highest BCUT2D eigenvalue weighted by atomic mass is 32.1. The zero-order valence-electron chi connectivity index (χ0n) is 12.8. The topological polar surface area (TPSA) is 57.7 Å². The van der Waals surface area contributed by atoms with E-state index in [1.165, 1.54) is 24.5 Å². The highest BCUT2D eigenvalue weighted by Gasteiger charge is 2.24. The van der Waals surface area contributed by atoms with E-state index in [0.717, 1.165) is 4.88 Å². The van der Waals surface area contributed by atoms with E-state index in [-0.39, 0.29) is 17.4 Å². The molecule has 1 aromatic heterocycles. The first kappa shape index (κ1) is 15.9. The van der Waals surface area contributed by atoms with E-state index in [0.29, 0.717) is 30.2 Å². The van der Waals surface area contributed by atoms with Crippen LogP contribution in [0.4, 0.5) is 4.39 Å². The molecule has 7 heteroatoms. The van der Waals surface area contributed by atoms with Crippen LogP contribution in [0.25, 0.3) is 10.6 Å². The molecule has 0 unspecified atom stereocenters. The van der Waals surface area contributed by atoms with Crippen molar-refractivity contribution in [2.45, 2.75) is 19.4 Å². The van der Waals surface area contributed by atoms with Crippen LogP contribution in [-0.2, 0) is 9.47 Å². The fraction of sp³-hybridized carbons (Fsp3) is 0.375. The second-order valence-electron chi connectivity index (χ2n) is 5.21. The van der Waals surface area contributed by atoms with Crippen molar-refractivity contribution < 1.29 is 23.4 Å². The van der Waals surface area contributed by atoms with Gasteiger partial charge in [-0.2, -0.15) is 0 Å². The normalized spacial score (nSPS) is 17.3. The monoisotopic (exact) mass is 337 g/mol. The van der Waals surface area contributed by atoms with E-state index in [9.17, 15) is 9.18 Å². The molecular weight excluding hydrogens is 321 g/mol. The van der Waals surface area contributed by atoms with Crippen LogP contribution in [-0.4, -0.2) is 37.4 Å². The molecule has 1 aromatic carbocycles. The number of aromatic nitrogens is 1. The Morgan fingerprint density at radius 3 is 2.91 bits per heavy atom. The van der Waals surface area contributed by atoms with Gasteiger partial charge in [-0.05, 0) is 19.1 Å². The number of carbonyl (C=O) groups is 1. The molecule has 2 heterocycles. The highest BCUT2D eigenvalue weighted by molar-refractivity contribution is 7.14. The van der Waals surface area contributed by atoms with E-state index >= 15 is 0 Å². The predicted molar refractivity (Wildman–Crippen MR) is 83.4 cm³/mol. The Bertz CT molecular complexity index is 725. The third-order valence-corrected chi connectivity index (χ3v) is 4.46. The number of nitrogens with zero attached hydrogens (tertiary/aromatic N) is 1. The minimum absolute atomic E-state index is 0.0197. The standard InChI is InChI=1S/C16H16FNO4S/c1-9-7-18-15(23-9)10-5-12(16(19)20-2)14(17)13(6-10)22-11-3-4-21-8-11/h5-7,11H,3-4,8H2,1-2H3/t11-/m1/s1. The molecule has 5 nitrogen and oxygen atoms in total. The van der Waals surface area contributed by atoms with Gasteiger partial charge in [0.05, 0.1) is 25.9 Å². The van der Waals surface area contributed by atoms with E-state index in [4.69, 9.17) is 9.47 Å². The van der Waals surface area contributed by atoms with Crippen LogP contribution in [0, 0.1) is 12.7 Å². The second-order valence-corrected chi connectivity index (χ2v) is 6.44. The van der Waals surface area contributed by atoms with Gasteiger partial charge in [0.1, 0.15) is 11.1 Å². The van der Waals surface area contributed by atoms with Gasteiger partial charge in [0.15, 0.2) is 11.6 Å². The first-order valence-corrected chi connectivity index (χ1v) is 7.99. The lowest BCUT2D eigenvalue weighted by Gasteiger charge is -2.15. The molecule has 0 amide bonds. The van der Waals surface area contributed by atoms with Crippen LogP contribution in [0.5, 0.6) is 5.75 Å².